The van der Waals surface area contributed by atoms with Gasteiger partial charge in [0.1, 0.15) is 11.4 Å². The number of carbonyl (C=O) groups is 1. The normalized spacial score (nSPS) is 23.9. The van der Waals surface area contributed by atoms with E-state index in [2.05, 4.69) is 14.9 Å². The molecule has 24 heavy (non-hydrogen) atoms. The minimum Gasteiger partial charge on any atom is -0.342 e. The number of fused-ring (bicyclic) bond motifs is 2. The summed E-state index contributed by atoms with van der Waals surface area (Å²) in [5, 5.41) is 1.94. The molecular formula is C19H23N3OS. The molecule has 1 aliphatic heterocycles. The van der Waals surface area contributed by atoms with Gasteiger partial charge in [0.25, 0.3) is 0 Å². The van der Waals surface area contributed by atoms with Gasteiger partial charge in [0, 0.05) is 18.5 Å². The highest BCUT2D eigenvalue weighted by atomic mass is 32.2. The Morgan fingerprint density at radius 3 is 2.88 bits per heavy atom. The van der Waals surface area contributed by atoms with Crippen molar-refractivity contribution < 1.29 is 4.79 Å². The third kappa shape index (κ3) is 3.27. The topological polar surface area (TPSA) is 46.1 Å². The van der Waals surface area contributed by atoms with Gasteiger partial charge in [-0.2, -0.15) is 0 Å². The zero-order valence-corrected chi connectivity index (χ0v) is 14.7. The SMILES string of the molecule is O=C(CSc1ncnc2ccccc12)N1CC[C@@H]2CCCC[C@H]2C1. The summed E-state index contributed by atoms with van der Waals surface area (Å²) in [6, 6.07) is 7.97. The molecule has 1 aliphatic carbocycles. The first-order valence-electron chi connectivity index (χ1n) is 8.91. The second kappa shape index (κ2) is 7.09. The molecule has 5 heteroatoms. The smallest absolute Gasteiger partial charge is 0.232 e. The lowest BCUT2D eigenvalue weighted by molar-refractivity contribution is -0.131. The minimum atomic E-state index is 0.256. The van der Waals surface area contributed by atoms with Crippen molar-refractivity contribution in [3.63, 3.8) is 0 Å². The summed E-state index contributed by atoms with van der Waals surface area (Å²) in [6.45, 7) is 1.90. The van der Waals surface area contributed by atoms with Crippen LogP contribution in [0, 0.1) is 11.8 Å². The number of carbonyl (C=O) groups excluding carboxylic acids is 1. The maximum Gasteiger partial charge on any atom is 0.232 e. The zero-order chi connectivity index (χ0) is 16.4. The van der Waals surface area contributed by atoms with Crippen LogP contribution >= 0.6 is 11.8 Å². The molecule has 4 nitrogen and oxygen atoms in total. The van der Waals surface area contributed by atoms with E-state index in [1.807, 2.05) is 24.3 Å². The molecule has 2 fully saturated rings. The third-order valence-electron chi connectivity index (χ3n) is 5.48. The van der Waals surface area contributed by atoms with Gasteiger partial charge in [0.05, 0.1) is 11.3 Å². The fraction of sp³-hybridized carbons (Fsp3) is 0.526. The number of likely N-dealkylation sites (tertiary alicyclic amines) is 1. The Morgan fingerprint density at radius 2 is 1.96 bits per heavy atom. The summed E-state index contributed by atoms with van der Waals surface area (Å²) in [4.78, 5) is 23.4. The molecule has 2 aromatic rings. The predicted molar refractivity (Wildman–Crippen MR) is 96.9 cm³/mol. The second-order valence-corrected chi connectivity index (χ2v) is 7.88. The van der Waals surface area contributed by atoms with E-state index in [0.717, 1.165) is 40.9 Å². The van der Waals surface area contributed by atoms with Gasteiger partial charge in [0.15, 0.2) is 0 Å². The molecule has 1 saturated carbocycles. The Labute approximate surface area is 147 Å². The first-order valence-corrected chi connectivity index (χ1v) is 9.90. The maximum atomic E-state index is 12.6. The monoisotopic (exact) mass is 341 g/mol. The van der Waals surface area contributed by atoms with Crippen molar-refractivity contribution >= 4 is 28.6 Å². The van der Waals surface area contributed by atoms with Crippen LogP contribution in [0.25, 0.3) is 10.9 Å². The van der Waals surface area contributed by atoms with Crippen LogP contribution < -0.4 is 0 Å². The first kappa shape index (κ1) is 15.9. The number of rotatable bonds is 3. The van der Waals surface area contributed by atoms with Crippen molar-refractivity contribution in [2.45, 2.75) is 37.1 Å². The van der Waals surface area contributed by atoms with Crippen molar-refractivity contribution in [1.29, 1.82) is 0 Å². The number of amides is 1. The summed E-state index contributed by atoms with van der Waals surface area (Å²) in [5.41, 5.74) is 0.936. The van der Waals surface area contributed by atoms with E-state index in [9.17, 15) is 4.79 Å². The van der Waals surface area contributed by atoms with E-state index in [1.54, 1.807) is 6.33 Å². The first-order chi connectivity index (χ1) is 11.8. The molecule has 126 valence electrons. The minimum absolute atomic E-state index is 0.256. The molecule has 2 heterocycles. The second-order valence-electron chi connectivity index (χ2n) is 6.92. The largest absolute Gasteiger partial charge is 0.342 e. The van der Waals surface area contributed by atoms with Crippen LogP contribution in [0.5, 0.6) is 0 Å². The highest BCUT2D eigenvalue weighted by molar-refractivity contribution is 8.00. The Kier molecular flexibility index (Phi) is 4.69. The Balaban J connectivity index is 1.39. The Bertz CT molecular complexity index is 730. The average Bonchev–Trinajstić information content (AvgIpc) is 2.65. The molecule has 2 aliphatic rings. The summed E-state index contributed by atoms with van der Waals surface area (Å²) < 4.78 is 0. The zero-order valence-electron chi connectivity index (χ0n) is 13.9. The number of nitrogens with zero attached hydrogens (tertiary/aromatic N) is 3. The van der Waals surface area contributed by atoms with E-state index >= 15 is 0 Å². The number of hydrogen-bond donors (Lipinski definition) is 0. The van der Waals surface area contributed by atoms with Gasteiger partial charge >= 0.3 is 0 Å². The van der Waals surface area contributed by atoms with Gasteiger partial charge in [-0.1, -0.05) is 49.2 Å². The van der Waals surface area contributed by atoms with Crippen LogP contribution in [0.1, 0.15) is 32.1 Å². The summed E-state index contributed by atoms with van der Waals surface area (Å²) >= 11 is 1.54. The van der Waals surface area contributed by atoms with Crippen LogP contribution in [-0.4, -0.2) is 39.6 Å². The van der Waals surface area contributed by atoms with E-state index in [0.29, 0.717) is 5.75 Å². The van der Waals surface area contributed by atoms with Gasteiger partial charge in [-0.15, -0.1) is 0 Å². The number of para-hydroxylation sites is 1. The number of hydrogen-bond acceptors (Lipinski definition) is 4. The Hall–Kier alpha value is -1.62. The van der Waals surface area contributed by atoms with Crippen molar-refractivity contribution in [2.24, 2.45) is 11.8 Å². The lowest BCUT2D eigenvalue weighted by atomic mass is 9.75. The van der Waals surface area contributed by atoms with Crippen LogP contribution in [0.15, 0.2) is 35.6 Å². The van der Waals surface area contributed by atoms with Gasteiger partial charge < -0.3 is 4.90 Å². The highest BCUT2D eigenvalue weighted by Crippen LogP contribution is 2.36. The van der Waals surface area contributed by atoms with Crippen molar-refractivity contribution in [1.82, 2.24) is 14.9 Å². The molecule has 4 rings (SSSR count). The molecule has 1 amide bonds. The summed E-state index contributed by atoms with van der Waals surface area (Å²) in [5.74, 6) is 2.33. The van der Waals surface area contributed by atoms with E-state index in [-0.39, 0.29) is 5.91 Å². The molecular weight excluding hydrogens is 318 g/mol. The number of aromatic nitrogens is 2. The van der Waals surface area contributed by atoms with Gasteiger partial charge in [-0.05, 0) is 30.7 Å². The molecule has 0 unspecified atom stereocenters. The molecule has 0 N–H and O–H groups in total. The van der Waals surface area contributed by atoms with Crippen LogP contribution in [0.3, 0.4) is 0 Å². The lowest BCUT2D eigenvalue weighted by Crippen LogP contribution is -2.45. The van der Waals surface area contributed by atoms with Crippen LogP contribution in [0.4, 0.5) is 0 Å². The van der Waals surface area contributed by atoms with E-state index < -0.39 is 0 Å². The fourth-order valence-corrected chi connectivity index (χ4v) is 5.04. The number of thioether (sulfide) groups is 1. The molecule has 1 aromatic carbocycles. The Morgan fingerprint density at radius 1 is 1.12 bits per heavy atom. The third-order valence-corrected chi connectivity index (χ3v) is 6.47. The van der Waals surface area contributed by atoms with Crippen LogP contribution in [0.2, 0.25) is 0 Å². The average molecular weight is 341 g/mol. The number of piperidine rings is 1. The van der Waals surface area contributed by atoms with Gasteiger partial charge in [0.2, 0.25) is 5.91 Å². The fourth-order valence-electron chi connectivity index (χ4n) is 4.14. The molecule has 0 radical (unpaired) electrons. The maximum absolute atomic E-state index is 12.6. The standard InChI is InChI=1S/C19H23N3OS/c23-18(22-10-9-14-5-1-2-6-15(14)11-22)12-24-19-16-7-3-4-8-17(16)20-13-21-19/h3-4,7-8,13-15H,1-2,5-6,9-12H2/t14-,15-/m0/s1. The number of benzene rings is 1. The van der Waals surface area contributed by atoms with Gasteiger partial charge in [-0.3, -0.25) is 4.79 Å². The lowest BCUT2D eigenvalue weighted by Gasteiger charge is -2.41. The highest BCUT2D eigenvalue weighted by Gasteiger charge is 2.32. The predicted octanol–water partition coefficient (Wildman–Crippen LogP) is 3.76. The van der Waals surface area contributed by atoms with E-state index in [1.165, 1.54) is 43.9 Å². The van der Waals surface area contributed by atoms with Crippen molar-refractivity contribution in [3.8, 4) is 0 Å². The van der Waals surface area contributed by atoms with Crippen molar-refractivity contribution in [2.75, 3.05) is 18.8 Å². The van der Waals surface area contributed by atoms with Gasteiger partial charge in [-0.25, -0.2) is 9.97 Å². The molecule has 1 aromatic heterocycles. The quantitative estimate of drug-likeness (QED) is 0.630. The van der Waals surface area contributed by atoms with Crippen molar-refractivity contribution in [3.05, 3.63) is 30.6 Å². The van der Waals surface area contributed by atoms with Crippen LogP contribution in [-0.2, 0) is 4.79 Å². The molecule has 0 spiro atoms. The summed E-state index contributed by atoms with van der Waals surface area (Å²) in [7, 11) is 0. The summed E-state index contributed by atoms with van der Waals surface area (Å²) in [6.07, 6.45) is 8.17. The molecule has 1 saturated heterocycles. The van der Waals surface area contributed by atoms with E-state index in [4.69, 9.17) is 0 Å². The molecule has 2 atom stereocenters. The molecule has 0 bridgehead atoms.